The quantitative estimate of drug-likeness (QED) is 0.777. The third-order valence-electron chi connectivity index (χ3n) is 4.60. The van der Waals surface area contributed by atoms with E-state index in [1.54, 1.807) is 14.2 Å². The Labute approximate surface area is 153 Å². The summed E-state index contributed by atoms with van der Waals surface area (Å²) < 4.78 is 10.7. The lowest BCUT2D eigenvalue weighted by Gasteiger charge is -2.20. The van der Waals surface area contributed by atoms with Gasteiger partial charge in [-0.1, -0.05) is 12.1 Å². The number of hydrogen-bond donors (Lipinski definition) is 2. The van der Waals surface area contributed by atoms with E-state index < -0.39 is 0 Å². The molecule has 26 heavy (non-hydrogen) atoms. The first-order valence-corrected chi connectivity index (χ1v) is 8.69. The molecule has 0 aliphatic carbocycles. The van der Waals surface area contributed by atoms with Crippen LogP contribution in [0.4, 0.5) is 11.4 Å². The number of nitrogens with one attached hydrogen (secondary N) is 1. The van der Waals surface area contributed by atoms with Crippen molar-refractivity contribution in [3.05, 3.63) is 48.0 Å². The van der Waals surface area contributed by atoms with Gasteiger partial charge in [0.1, 0.15) is 11.5 Å². The van der Waals surface area contributed by atoms with Crippen LogP contribution in [0.1, 0.15) is 12.0 Å². The molecule has 2 aromatic carbocycles. The summed E-state index contributed by atoms with van der Waals surface area (Å²) in [6.45, 7) is 1.65. The maximum Gasteiger partial charge on any atom is 0.224 e. The van der Waals surface area contributed by atoms with Gasteiger partial charge >= 0.3 is 0 Å². The number of nitrogens with two attached hydrogens (primary N) is 1. The van der Waals surface area contributed by atoms with Gasteiger partial charge in [-0.2, -0.15) is 0 Å². The number of methoxy groups -OCH3 is 2. The highest BCUT2D eigenvalue weighted by molar-refractivity contribution is 5.79. The molecule has 2 aromatic rings. The molecule has 6 heteroatoms. The summed E-state index contributed by atoms with van der Waals surface area (Å²) in [5.74, 6) is 1.55. The van der Waals surface area contributed by atoms with Gasteiger partial charge in [0.05, 0.1) is 20.6 Å². The first-order valence-electron chi connectivity index (χ1n) is 8.69. The molecular weight excluding hydrogens is 330 g/mol. The van der Waals surface area contributed by atoms with Crippen molar-refractivity contribution in [1.29, 1.82) is 0 Å². The Hall–Kier alpha value is -2.89. The normalized spacial score (nSPS) is 16.4. The van der Waals surface area contributed by atoms with Crippen LogP contribution in [-0.4, -0.2) is 39.3 Å². The van der Waals surface area contributed by atoms with Crippen molar-refractivity contribution in [2.75, 3.05) is 37.9 Å². The zero-order chi connectivity index (χ0) is 18.5. The lowest BCUT2D eigenvalue weighted by atomic mass is 10.1. The van der Waals surface area contributed by atoms with Gasteiger partial charge in [-0.05, 0) is 24.1 Å². The maximum atomic E-state index is 12.3. The summed E-state index contributed by atoms with van der Waals surface area (Å²) >= 11 is 0. The van der Waals surface area contributed by atoms with E-state index in [1.807, 2.05) is 42.5 Å². The van der Waals surface area contributed by atoms with E-state index in [2.05, 4.69) is 10.2 Å². The Morgan fingerprint density at radius 3 is 2.42 bits per heavy atom. The predicted molar refractivity (Wildman–Crippen MR) is 103 cm³/mol. The third kappa shape index (κ3) is 4.39. The van der Waals surface area contributed by atoms with E-state index in [4.69, 9.17) is 15.2 Å². The number of nitrogens with zero attached hydrogens (tertiary/aromatic N) is 1. The number of carbonyl (C=O) groups is 1. The van der Waals surface area contributed by atoms with E-state index in [0.717, 1.165) is 42.3 Å². The second-order valence-electron chi connectivity index (χ2n) is 6.49. The molecule has 1 fully saturated rings. The fourth-order valence-electron chi connectivity index (χ4n) is 3.19. The average molecular weight is 355 g/mol. The molecule has 1 heterocycles. The summed E-state index contributed by atoms with van der Waals surface area (Å²) in [6, 6.07) is 13.4. The van der Waals surface area contributed by atoms with Gasteiger partial charge in [-0.3, -0.25) is 4.79 Å². The van der Waals surface area contributed by atoms with Crippen molar-refractivity contribution >= 4 is 17.3 Å². The molecule has 3 rings (SSSR count). The van der Waals surface area contributed by atoms with E-state index in [9.17, 15) is 4.79 Å². The van der Waals surface area contributed by atoms with Crippen LogP contribution >= 0.6 is 0 Å². The molecular formula is C20H25N3O3. The summed E-state index contributed by atoms with van der Waals surface area (Å²) in [5.41, 5.74) is 8.38. The summed E-state index contributed by atoms with van der Waals surface area (Å²) in [5, 5.41) is 3.12. The molecule has 0 aromatic heterocycles. The van der Waals surface area contributed by atoms with Crippen molar-refractivity contribution in [2.45, 2.75) is 18.9 Å². The van der Waals surface area contributed by atoms with Crippen molar-refractivity contribution in [3.8, 4) is 11.5 Å². The van der Waals surface area contributed by atoms with Crippen LogP contribution in [0.2, 0.25) is 0 Å². The number of amides is 1. The first kappa shape index (κ1) is 17.9. The van der Waals surface area contributed by atoms with E-state index in [-0.39, 0.29) is 11.9 Å². The Balaban J connectivity index is 1.58. The van der Waals surface area contributed by atoms with Crippen LogP contribution in [0.5, 0.6) is 11.5 Å². The van der Waals surface area contributed by atoms with Gasteiger partial charge in [0, 0.05) is 48.7 Å². The molecule has 1 aliphatic rings. The Morgan fingerprint density at radius 2 is 1.81 bits per heavy atom. The summed E-state index contributed by atoms with van der Waals surface area (Å²) in [4.78, 5) is 14.5. The smallest absolute Gasteiger partial charge is 0.224 e. The van der Waals surface area contributed by atoms with Gasteiger partial charge in [-0.25, -0.2) is 0 Å². The van der Waals surface area contributed by atoms with Crippen molar-refractivity contribution < 1.29 is 14.3 Å². The van der Waals surface area contributed by atoms with Gasteiger partial charge in [0.2, 0.25) is 5.91 Å². The molecule has 6 nitrogen and oxygen atoms in total. The number of benzene rings is 2. The van der Waals surface area contributed by atoms with Crippen LogP contribution in [0.25, 0.3) is 0 Å². The molecule has 0 spiro atoms. The molecule has 0 radical (unpaired) electrons. The maximum absolute atomic E-state index is 12.3. The topological polar surface area (TPSA) is 76.8 Å². The molecule has 138 valence electrons. The fraction of sp³-hybridized carbons (Fsp3) is 0.350. The number of rotatable bonds is 6. The highest BCUT2D eigenvalue weighted by atomic mass is 16.5. The third-order valence-corrected chi connectivity index (χ3v) is 4.60. The second kappa shape index (κ2) is 7.99. The summed E-state index contributed by atoms with van der Waals surface area (Å²) in [7, 11) is 3.28. The minimum Gasteiger partial charge on any atom is -0.497 e. The monoisotopic (exact) mass is 355 g/mol. The molecule has 0 saturated carbocycles. The fourth-order valence-corrected chi connectivity index (χ4v) is 3.19. The lowest BCUT2D eigenvalue weighted by Crippen LogP contribution is -2.37. The van der Waals surface area contributed by atoms with Crippen molar-refractivity contribution in [3.63, 3.8) is 0 Å². The lowest BCUT2D eigenvalue weighted by molar-refractivity contribution is -0.121. The Bertz CT molecular complexity index is 739. The van der Waals surface area contributed by atoms with Gasteiger partial charge < -0.3 is 25.4 Å². The van der Waals surface area contributed by atoms with E-state index >= 15 is 0 Å². The molecule has 1 atom stereocenters. The first-order chi connectivity index (χ1) is 12.6. The average Bonchev–Trinajstić information content (AvgIpc) is 3.11. The predicted octanol–water partition coefficient (Wildman–Crippen LogP) is 2.22. The van der Waals surface area contributed by atoms with Crippen LogP contribution < -0.4 is 25.4 Å². The van der Waals surface area contributed by atoms with Crippen molar-refractivity contribution in [1.82, 2.24) is 5.32 Å². The molecule has 0 bridgehead atoms. The SMILES string of the molecule is COc1cc(OC)cc(N2CCC(NC(=O)Cc3ccc(N)cc3)C2)c1. The summed E-state index contributed by atoms with van der Waals surface area (Å²) in [6.07, 6.45) is 1.27. The molecule has 1 saturated heterocycles. The number of nitrogen functional groups attached to an aromatic ring is 1. The van der Waals surface area contributed by atoms with Crippen LogP contribution in [0.3, 0.4) is 0 Å². The molecule has 3 N–H and O–H groups in total. The van der Waals surface area contributed by atoms with Crippen LogP contribution in [0, 0.1) is 0 Å². The number of ether oxygens (including phenoxy) is 2. The highest BCUT2D eigenvalue weighted by Crippen LogP contribution is 2.30. The van der Waals surface area contributed by atoms with Crippen LogP contribution in [-0.2, 0) is 11.2 Å². The standard InChI is InChI=1S/C20H25N3O3/c1-25-18-10-17(11-19(12-18)26-2)23-8-7-16(13-23)22-20(24)9-14-3-5-15(21)6-4-14/h3-6,10-12,16H,7-9,13,21H2,1-2H3,(H,22,24). The van der Waals surface area contributed by atoms with Gasteiger partial charge in [0.25, 0.3) is 0 Å². The minimum atomic E-state index is 0.0323. The molecule has 1 aliphatic heterocycles. The zero-order valence-electron chi connectivity index (χ0n) is 15.2. The van der Waals surface area contributed by atoms with Gasteiger partial charge in [0.15, 0.2) is 0 Å². The number of carbonyl (C=O) groups excluding carboxylic acids is 1. The molecule has 1 amide bonds. The van der Waals surface area contributed by atoms with Crippen LogP contribution in [0.15, 0.2) is 42.5 Å². The van der Waals surface area contributed by atoms with Gasteiger partial charge in [-0.15, -0.1) is 0 Å². The number of hydrogen-bond acceptors (Lipinski definition) is 5. The highest BCUT2D eigenvalue weighted by Gasteiger charge is 2.24. The van der Waals surface area contributed by atoms with E-state index in [0.29, 0.717) is 12.1 Å². The number of anilines is 2. The largest absolute Gasteiger partial charge is 0.497 e. The van der Waals surface area contributed by atoms with E-state index in [1.165, 1.54) is 0 Å². The Kier molecular flexibility index (Phi) is 5.51. The zero-order valence-corrected chi connectivity index (χ0v) is 15.2. The van der Waals surface area contributed by atoms with Crippen molar-refractivity contribution in [2.24, 2.45) is 0 Å². The minimum absolute atomic E-state index is 0.0323. The molecule has 1 unspecified atom stereocenters. The Morgan fingerprint density at radius 1 is 1.15 bits per heavy atom. The second-order valence-corrected chi connectivity index (χ2v) is 6.49.